The van der Waals surface area contributed by atoms with Gasteiger partial charge in [0.1, 0.15) is 35.2 Å². The molecule has 230 valence electrons. The van der Waals surface area contributed by atoms with Crippen molar-refractivity contribution in [3.63, 3.8) is 0 Å². The van der Waals surface area contributed by atoms with E-state index in [1.54, 1.807) is 18.2 Å². The smallest absolute Gasteiger partial charge is 0.193 e. The third-order valence-corrected chi connectivity index (χ3v) is 7.90. The zero-order valence-corrected chi connectivity index (χ0v) is 27.9. The molecular formula is C38H48O5. The Morgan fingerprint density at radius 2 is 1.07 bits per heavy atom. The van der Waals surface area contributed by atoms with Crippen molar-refractivity contribution in [2.24, 2.45) is 0 Å². The topological polar surface area (TPSA) is 79.9 Å². The molecule has 4 aromatic rings. The summed E-state index contributed by atoms with van der Waals surface area (Å²) in [5, 5.41) is 22.7. The molecule has 0 aliphatic carbocycles. The van der Waals surface area contributed by atoms with E-state index < -0.39 is 0 Å². The van der Waals surface area contributed by atoms with Gasteiger partial charge in [-0.2, -0.15) is 0 Å². The number of fused-ring (bicyclic) bond motifs is 1. The maximum absolute atomic E-state index is 13.2. The highest BCUT2D eigenvalue weighted by Crippen LogP contribution is 2.43. The first kappa shape index (κ1) is 32.2. The standard InChI is InChI=1S/C38H48O5/c1-35(2,3)26-15-22(16-27(33(26)40)36(4,5)6)21-42-24-13-14-25-30(39)20-31(43-32(25)19-24)23-17-28(37(7,8)9)34(41)29(18-23)38(10,11)12/h13-20,40-41H,21H2,1-12H3. The van der Waals surface area contributed by atoms with Crippen LogP contribution in [0.2, 0.25) is 0 Å². The first-order chi connectivity index (χ1) is 19.6. The van der Waals surface area contributed by atoms with Gasteiger partial charge in [0.2, 0.25) is 0 Å². The molecule has 1 heterocycles. The summed E-state index contributed by atoms with van der Waals surface area (Å²) in [5.74, 6) is 1.63. The molecule has 2 N–H and O–H groups in total. The molecule has 0 spiro atoms. The lowest BCUT2D eigenvalue weighted by Gasteiger charge is -2.28. The molecule has 5 heteroatoms. The highest BCUT2D eigenvalue weighted by molar-refractivity contribution is 5.80. The van der Waals surface area contributed by atoms with E-state index >= 15 is 0 Å². The lowest BCUT2D eigenvalue weighted by Crippen LogP contribution is -2.18. The summed E-state index contributed by atoms with van der Waals surface area (Å²) in [6.45, 7) is 25.2. The highest BCUT2D eigenvalue weighted by Gasteiger charge is 2.28. The number of aromatic hydroxyl groups is 2. The summed E-state index contributed by atoms with van der Waals surface area (Å²) >= 11 is 0. The van der Waals surface area contributed by atoms with Crippen molar-refractivity contribution in [2.45, 2.75) is 111 Å². The molecule has 0 fully saturated rings. The average molecular weight is 585 g/mol. The predicted octanol–water partition coefficient (Wildman–Crippen LogP) is 9.64. The second kappa shape index (κ2) is 10.8. The Labute approximate surface area is 256 Å². The van der Waals surface area contributed by atoms with Crippen LogP contribution in [0.5, 0.6) is 17.2 Å². The van der Waals surface area contributed by atoms with Gasteiger partial charge in [0.05, 0.1) is 5.39 Å². The molecule has 0 amide bonds. The average Bonchev–Trinajstić information content (AvgIpc) is 2.85. The molecule has 0 unspecified atom stereocenters. The van der Waals surface area contributed by atoms with Crippen LogP contribution in [0.3, 0.4) is 0 Å². The molecule has 4 rings (SSSR count). The SMILES string of the molecule is CC(C)(C)c1cc(COc2ccc3c(=O)cc(-c4cc(C(C)(C)C)c(O)c(C(C)(C)C)c4)oc3c2)cc(C(C)(C)C)c1O. The summed E-state index contributed by atoms with van der Waals surface area (Å²) in [7, 11) is 0. The number of hydrogen-bond acceptors (Lipinski definition) is 5. The van der Waals surface area contributed by atoms with Crippen LogP contribution in [-0.4, -0.2) is 10.2 Å². The fourth-order valence-corrected chi connectivity index (χ4v) is 5.38. The molecular weight excluding hydrogens is 536 g/mol. The van der Waals surface area contributed by atoms with Gasteiger partial charge < -0.3 is 19.4 Å². The van der Waals surface area contributed by atoms with Gasteiger partial charge in [-0.15, -0.1) is 0 Å². The Balaban J connectivity index is 1.77. The third-order valence-electron chi connectivity index (χ3n) is 7.90. The van der Waals surface area contributed by atoms with E-state index in [9.17, 15) is 15.0 Å². The molecule has 0 aliphatic rings. The Bertz CT molecular complexity index is 1660. The third kappa shape index (κ3) is 6.76. The minimum atomic E-state index is -0.313. The van der Waals surface area contributed by atoms with Crippen LogP contribution in [0.15, 0.2) is 57.7 Å². The van der Waals surface area contributed by atoms with Gasteiger partial charge >= 0.3 is 0 Å². The molecule has 0 saturated heterocycles. The van der Waals surface area contributed by atoms with Gasteiger partial charge in [0.15, 0.2) is 5.43 Å². The van der Waals surface area contributed by atoms with Crippen LogP contribution in [0.4, 0.5) is 0 Å². The molecule has 0 bridgehead atoms. The van der Waals surface area contributed by atoms with Crippen LogP contribution in [0, 0.1) is 0 Å². The van der Waals surface area contributed by atoms with Crippen LogP contribution in [-0.2, 0) is 28.3 Å². The van der Waals surface area contributed by atoms with Crippen molar-refractivity contribution in [1.29, 1.82) is 0 Å². The number of phenols is 2. The van der Waals surface area contributed by atoms with Gasteiger partial charge in [-0.05, 0) is 74.7 Å². The van der Waals surface area contributed by atoms with Crippen LogP contribution in [0.1, 0.15) is 111 Å². The van der Waals surface area contributed by atoms with Gasteiger partial charge in [0, 0.05) is 28.8 Å². The zero-order valence-electron chi connectivity index (χ0n) is 27.9. The van der Waals surface area contributed by atoms with E-state index in [0.717, 1.165) is 33.4 Å². The van der Waals surface area contributed by atoms with E-state index in [2.05, 4.69) is 83.1 Å². The van der Waals surface area contributed by atoms with Crippen molar-refractivity contribution >= 4 is 11.0 Å². The summed E-state index contributed by atoms with van der Waals surface area (Å²) in [5.41, 5.74) is 4.24. The van der Waals surface area contributed by atoms with E-state index in [-0.39, 0.29) is 32.8 Å². The predicted molar refractivity (Wildman–Crippen MR) is 177 cm³/mol. The van der Waals surface area contributed by atoms with Crippen molar-refractivity contribution in [2.75, 3.05) is 0 Å². The number of rotatable bonds is 4. The summed E-state index contributed by atoms with van der Waals surface area (Å²) in [4.78, 5) is 13.2. The lowest BCUT2D eigenvalue weighted by atomic mass is 9.78. The normalized spacial score (nSPS) is 13.0. The van der Waals surface area contributed by atoms with Gasteiger partial charge in [-0.3, -0.25) is 4.79 Å². The van der Waals surface area contributed by atoms with Crippen molar-refractivity contribution < 1.29 is 19.4 Å². The van der Waals surface area contributed by atoms with Crippen molar-refractivity contribution in [3.8, 4) is 28.6 Å². The minimum Gasteiger partial charge on any atom is -0.507 e. The second-order valence-corrected chi connectivity index (χ2v) is 15.9. The molecule has 0 atom stereocenters. The molecule has 5 nitrogen and oxygen atoms in total. The maximum atomic E-state index is 13.2. The number of ether oxygens (including phenoxy) is 1. The van der Waals surface area contributed by atoms with Crippen LogP contribution >= 0.6 is 0 Å². The summed E-state index contributed by atoms with van der Waals surface area (Å²) in [6, 6.07) is 14.6. The lowest BCUT2D eigenvalue weighted by molar-refractivity contribution is 0.305. The van der Waals surface area contributed by atoms with E-state index in [0.29, 0.717) is 34.8 Å². The van der Waals surface area contributed by atoms with Gasteiger partial charge in [0.25, 0.3) is 0 Å². The van der Waals surface area contributed by atoms with Crippen LogP contribution in [0.25, 0.3) is 22.3 Å². The van der Waals surface area contributed by atoms with Crippen LogP contribution < -0.4 is 10.2 Å². The van der Waals surface area contributed by atoms with E-state index in [1.165, 1.54) is 6.07 Å². The number of benzene rings is 3. The first-order valence-electron chi connectivity index (χ1n) is 15.0. The van der Waals surface area contributed by atoms with E-state index in [4.69, 9.17) is 9.15 Å². The fraction of sp³-hybridized carbons (Fsp3) is 0.447. The second-order valence-electron chi connectivity index (χ2n) is 15.9. The summed E-state index contributed by atoms with van der Waals surface area (Å²) in [6.07, 6.45) is 0. The monoisotopic (exact) mass is 584 g/mol. The van der Waals surface area contributed by atoms with Crippen molar-refractivity contribution in [1.82, 2.24) is 0 Å². The Hall–Kier alpha value is -3.73. The maximum Gasteiger partial charge on any atom is 0.193 e. The first-order valence-corrected chi connectivity index (χ1v) is 15.0. The Kier molecular flexibility index (Phi) is 8.06. The van der Waals surface area contributed by atoms with E-state index in [1.807, 2.05) is 24.3 Å². The Morgan fingerprint density at radius 3 is 1.51 bits per heavy atom. The zero-order chi connectivity index (χ0) is 32.3. The van der Waals surface area contributed by atoms with Gasteiger partial charge in [-0.1, -0.05) is 83.1 Å². The Morgan fingerprint density at radius 1 is 0.628 bits per heavy atom. The molecule has 43 heavy (non-hydrogen) atoms. The summed E-state index contributed by atoms with van der Waals surface area (Å²) < 4.78 is 12.6. The molecule has 3 aromatic carbocycles. The van der Waals surface area contributed by atoms with Gasteiger partial charge in [-0.25, -0.2) is 0 Å². The minimum absolute atomic E-state index is 0.145. The fourth-order valence-electron chi connectivity index (χ4n) is 5.38. The van der Waals surface area contributed by atoms with Crippen molar-refractivity contribution in [3.05, 3.63) is 86.6 Å². The quantitative estimate of drug-likeness (QED) is 0.250. The molecule has 0 saturated carbocycles. The molecule has 0 aliphatic heterocycles. The largest absolute Gasteiger partial charge is 0.507 e. The number of hydrogen-bond donors (Lipinski definition) is 2. The number of phenolic OH excluding ortho intramolecular Hbond substituents is 2. The molecule has 0 radical (unpaired) electrons. The molecule has 1 aromatic heterocycles. The highest BCUT2D eigenvalue weighted by atomic mass is 16.5.